The molecule has 3 rings (SSSR count). The van der Waals surface area contributed by atoms with E-state index in [1.165, 1.54) is 6.42 Å². The summed E-state index contributed by atoms with van der Waals surface area (Å²) in [4.78, 5) is 25.6. The van der Waals surface area contributed by atoms with Crippen molar-refractivity contribution in [3.8, 4) is 0 Å². The van der Waals surface area contributed by atoms with Crippen molar-refractivity contribution in [2.45, 2.75) is 38.3 Å². The maximum absolute atomic E-state index is 12.1. The Morgan fingerprint density at radius 3 is 2.65 bits per heavy atom. The van der Waals surface area contributed by atoms with Crippen molar-refractivity contribution in [2.75, 3.05) is 19.6 Å². The van der Waals surface area contributed by atoms with Gasteiger partial charge in [0.1, 0.15) is 0 Å². The molecular formula is C17H24ClN3O2. The van der Waals surface area contributed by atoms with E-state index in [4.69, 9.17) is 0 Å². The lowest BCUT2D eigenvalue weighted by Crippen LogP contribution is -2.37. The molecule has 2 aliphatic rings. The summed E-state index contributed by atoms with van der Waals surface area (Å²) in [6, 6.07) is 7.97. The van der Waals surface area contributed by atoms with Crippen LogP contribution in [0.4, 0.5) is 0 Å². The summed E-state index contributed by atoms with van der Waals surface area (Å²) in [6.07, 6.45) is 3.93. The molecule has 0 spiro atoms. The topological polar surface area (TPSA) is 61.4 Å². The van der Waals surface area contributed by atoms with E-state index in [-0.39, 0.29) is 24.2 Å². The van der Waals surface area contributed by atoms with Gasteiger partial charge in [-0.3, -0.25) is 9.59 Å². The minimum atomic E-state index is -0.0301. The quantitative estimate of drug-likeness (QED) is 0.860. The molecule has 2 fully saturated rings. The number of likely N-dealkylation sites (tertiary alicyclic amines) is 1. The smallest absolute Gasteiger partial charge is 0.251 e. The second-order valence-corrected chi connectivity index (χ2v) is 6.12. The van der Waals surface area contributed by atoms with Crippen LogP contribution in [0.2, 0.25) is 0 Å². The molecule has 1 atom stereocenters. The molecule has 0 radical (unpaired) electrons. The highest BCUT2D eigenvalue weighted by atomic mass is 35.5. The number of benzene rings is 1. The molecule has 2 amide bonds. The summed E-state index contributed by atoms with van der Waals surface area (Å²) in [6.45, 7) is 3.22. The van der Waals surface area contributed by atoms with Gasteiger partial charge in [0.25, 0.3) is 5.91 Å². The summed E-state index contributed by atoms with van der Waals surface area (Å²) in [5.41, 5.74) is 1.75. The summed E-state index contributed by atoms with van der Waals surface area (Å²) in [7, 11) is 0. The number of carbonyl (C=O) groups excluding carboxylic acids is 2. The standard InChI is InChI=1S/C17H23N3O2.ClH/c21-16-4-2-10-20(16)12-13-5-7-14(8-6-13)17(22)19-11-15-3-1-9-18-15;/h5-8,15,18H,1-4,9-12H2,(H,19,22);1H. The molecule has 1 aromatic carbocycles. The van der Waals surface area contributed by atoms with Crippen LogP contribution in [0.15, 0.2) is 24.3 Å². The Labute approximate surface area is 143 Å². The van der Waals surface area contributed by atoms with Crippen LogP contribution in [0.5, 0.6) is 0 Å². The molecule has 2 saturated heterocycles. The lowest BCUT2D eigenvalue weighted by atomic mass is 10.1. The SMILES string of the molecule is Cl.O=C(NCC1CCCN1)c1ccc(CN2CCCC2=O)cc1. The number of rotatable bonds is 5. The molecule has 126 valence electrons. The third-order valence-corrected chi connectivity index (χ3v) is 4.43. The maximum atomic E-state index is 12.1. The van der Waals surface area contributed by atoms with Crippen molar-refractivity contribution in [2.24, 2.45) is 0 Å². The van der Waals surface area contributed by atoms with Crippen LogP contribution >= 0.6 is 12.4 Å². The molecule has 0 bridgehead atoms. The Hall–Kier alpha value is -1.59. The number of nitrogens with zero attached hydrogens (tertiary/aromatic N) is 1. The van der Waals surface area contributed by atoms with Gasteiger partial charge < -0.3 is 15.5 Å². The zero-order valence-corrected chi connectivity index (χ0v) is 14.0. The Morgan fingerprint density at radius 2 is 2.04 bits per heavy atom. The van der Waals surface area contributed by atoms with Gasteiger partial charge in [-0.1, -0.05) is 12.1 Å². The highest BCUT2D eigenvalue weighted by Crippen LogP contribution is 2.14. The van der Waals surface area contributed by atoms with Gasteiger partial charge in [0.2, 0.25) is 5.91 Å². The van der Waals surface area contributed by atoms with Crippen molar-refractivity contribution < 1.29 is 9.59 Å². The van der Waals surface area contributed by atoms with E-state index < -0.39 is 0 Å². The molecule has 0 saturated carbocycles. The van der Waals surface area contributed by atoms with Crippen LogP contribution in [0.3, 0.4) is 0 Å². The first-order valence-corrected chi connectivity index (χ1v) is 8.11. The highest BCUT2D eigenvalue weighted by Gasteiger charge is 2.20. The molecule has 2 N–H and O–H groups in total. The molecular weight excluding hydrogens is 314 g/mol. The van der Waals surface area contributed by atoms with Crippen molar-refractivity contribution in [1.82, 2.24) is 15.5 Å². The lowest BCUT2D eigenvalue weighted by molar-refractivity contribution is -0.128. The first-order valence-electron chi connectivity index (χ1n) is 8.11. The van der Waals surface area contributed by atoms with Crippen LogP contribution in [0, 0.1) is 0 Å². The van der Waals surface area contributed by atoms with Gasteiger partial charge in [-0.05, 0) is 43.5 Å². The fourth-order valence-corrected chi connectivity index (χ4v) is 3.10. The largest absolute Gasteiger partial charge is 0.350 e. The fourth-order valence-electron chi connectivity index (χ4n) is 3.10. The molecule has 2 heterocycles. The number of carbonyl (C=O) groups is 2. The van der Waals surface area contributed by atoms with E-state index in [1.807, 2.05) is 29.2 Å². The van der Waals surface area contributed by atoms with Crippen molar-refractivity contribution in [3.05, 3.63) is 35.4 Å². The predicted molar refractivity (Wildman–Crippen MR) is 91.7 cm³/mol. The van der Waals surface area contributed by atoms with Crippen molar-refractivity contribution >= 4 is 24.2 Å². The van der Waals surface area contributed by atoms with E-state index in [0.717, 1.165) is 31.5 Å². The zero-order chi connectivity index (χ0) is 15.4. The van der Waals surface area contributed by atoms with Gasteiger partial charge in [0, 0.05) is 37.7 Å². The van der Waals surface area contributed by atoms with Gasteiger partial charge in [0.15, 0.2) is 0 Å². The Balaban J connectivity index is 0.00000192. The monoisotopic (exact) mass is 337 g/mol. The number of hydrogen-bond donors (Lipinski definition) is 2. The van der Waals surface area contributed by atoms with E-state index in [2.05, 4.69) is 10.6 Å². The maximum Gasteiger partial charge on any atom is 0.251 e. The Bertz CT molecular complexity index is 541. The first-order chi connectivity index (χ1) is 10.7. The van der Waals surface area contributed by atoms with Crippen LogP contribution < -0.4 is 10.6 Å². The first kappa shape index (κ1) is 17.8. The van der Waals surface area contributed by atoms with Gasteiger partial charge in [0.05, 0.1) is 0 Å². The Morgan fingerprint density at radius 1 is 1.26 bits per heavy atom. The van der Waals surface area contributed by atoms with Crippen molar-refractivity contribution in [3.63, 3.8) is 0 Å². The van der Waals surface area contributed by atoms with Crippen molar-refractivity contribution in [1.29, 1.82) is 0 Å². The molecule has 1 aromatic rings. The molecule has 2 aliphatic heterocycles. The van der Waals surface area contributed by atoms with Gasteiger partial charge >= 0.3 is 0 Å². The second kappa shape index (κ2) is 8.31. The van der Waals surface area contributed by atoms with Gasteiger partial charge in [-0.15, -0.1) is 12.4 Å². The molecule has 0 aliphatic carbocycles. The minimum Gasteiger partial charge on any atom is -0.350 e. The summed E-state index contributed by atoms with van der Waals surface area (Å²) in [5.74, 6) is 0.198. The van der Waals surface area contributed by atoms with Crippen LogP contribution in [0.1, 0.15) is 41.6 Å². The predicted octanol–water partition coefficient (Wildman–Crippen LogP) is 1.71. The van der Waals surface area contributed by atoms with Crippen LogP contribution in [-0.4, -0.2) is 42.4 Å². The van der Waals surface area contributed by atoms with Crippen LogP contribution in [-0.2, 0) is 11.3 Å². The average Bonchev–Trinajstić information content (AvgIpc) is 3.18. The molecule has 0 aromatic heterocycles. The van der Waals surface area contributed by atoms with E-state index >= 15 is 0 Å². The normalized spacial score (nSPS) is 20.4. The molecule has 5 nitrogen and oxygen atoms in total. The average molecular weight is 338 g/mol. The summed E-state index contributed by atoms with van der Waals surface area (Å²) < 4.78 is 0. The van der Waals surface area contributed by atoms with E-state index in [1.54, 1.807) is 0 Å². The molecule has 1 unspecified atom stereocenters. The van der Waals surface area contributed by atoms with Crippen LogP contribution in [0.25, 0.3) is 0 Å². The summed E-state index contributed by atoms with van der Waals surface area (Å²) >= 11 is 0. The number of halogens is 1. The fraction of sp³-hybridized carbons (Fsp3) is 0.529. The molecule has 6 heteroatoms. The number of nitrogens with one attached hydrogen (secondary N) is 2. The third kappa shape index (κ3) is 4.69. The van der Waals surface area contributed by atoms with Gasteiger partial charge in [-0.2, -0.15) is 0 Å². The third-order valence-electron chi connectivity index (χ3n) is 4.43. The minimum absolute atomic E-state index is 0. The number of amides is 2. The highest BCUT2D eigenvalue weighted by molar-refractivity contribution is 5.94. The molecule has 23 heavy (non-hydrogen) atoms. The Kier molecular flexibility index (Phi) is 6.42. The summed E-state index contributed by atoms with van der Waals surface area (Å²) in [5, 5.41) is 6.34. The lowest BCUT2D eigenvalue weighted by Gasteiger charge is -2.16. The second-order valence-electron chi connectivity index (χ2n) is 6.12. The van der Waals surface area contributed by atoms with E-state index in [9.17, 15) is 9.59 Å². The number of hydrogen-bond acceptors (Lipinski definition) is 3. The van der Waals surface area contributed by atoms with Gasteiger partial charge in [-0.25, -0.2) is 0 Å². The van der Waals surface area contributed by atoms with E-state index in [0.29, 0.717) is 31.1 Å². The zero-order valence-electron chi connectivity index (χ0n) is 13.2.